The highest BCUT2D eigenvalue weighted by atomic mass is 31.2. The Bertz CT molecular complexity index is 770. The lowest BCUT2D eigenvalue weighted by atomic mass is 10.3. The molecule has 23 heavy (non-hydrogen) atoms. The molecule has 126 valence electrons. The third kappa shape index (κ3) is 4.19. The van der Waals surface area contributed by atoms with Crippen LogP contribution in [-0.4, -0.2) is 28.9 Å². The van der Waals surface area contributed by atoms with Crippen LogP contribution in [0.25, 0.3) is 17.3 Å². The molecule has 0 saturated heterocycles. The number of fused-ring (bicyclic) bond motifs is 1. The second-order valence-electron chi connectivity index (χ2n) is 4.84. The van der Waals surface area contributed by atoms with Gasteiger partial charge in [0.05, 0.1) is 19.4 Å². The molecule has 2 aromatic heterocycles. The summed E-state index contributed by atoms with van der Waals surface area (Å²) >= 11 is 0. The van der Waals surface area contributed by atoms with Crippen LogP contribution in [0.15, 0.2) is 28.1 Å². The van der Waals surface area contributed by atoms with Gasteiger partial charge in [0.15, 0.2) is 11.2 Å². The molecule has 2 aromatic rings. The molecular weight excluding hydrogens is 319 g/mol. The van der Waals surface area contributed by atoms with Gasteiger partial charge >= 0.3 is 13.4 Å². The van der Waals surface area contributed by atoms with E-state index in [0.29, 0.717) is 37.4 Å². The zero-order valence-electron chi connectivity index (χ0n) is 13.4. The van der Waals surface area contributed by atoms with Gasteiger partial charge in [-0.25, -0.2) is 9.78 Å². The van der Waals surface area contributed by atoms with E-state index in [1.807, 2.05) is 0 Å². The van der Waals surface area contributed by atoms with Crippen LogP contribution in [0.4, 0.5) is 0 Å². The summed E-state index contributed by atoms with van der Waals surface area (Å²) in [5.74, 6) is -0.489. The van der Waals surface area contributed by atoms with Crippen molar-refractivity contribution in [1.82, 2.24) is 9.55 Å². The summed E-state index contributed by atoms with van der Waals surface area (Å²) in [4.78, 5) is 16.2. The first-order chi connectivity index (χ1) is 11.0. The van der Waals surface area contributed by atoms with Crippen LogP contribution in [0.3, 0.4) is 0 Å². The summed E-state index contributed by atoms with van der Waals surface area (Å²) in [6, 6.07) is 1.71. The number of hydrogen-bond donors (Lipinski definition) is 0. The maximum atomic E-state index is 12.4. The van der Waals surface area contributed by atoms with Crippen LogP contribution in [0.2, 0.25) is 0 Å². The van der Waals surface area contributed by atoms with Crippen LogP contribution >= 0.6 is 7.60 Å². The van der Waals surface area contributed by atoms with E-state index in [1.165, 1.54) is 4.57 Å². The van der Waals surface area contributed by atoms with E-state index in [4.69, 9.17) is 13.5 Å². The molecule has 0 spiro atoms. The Balaban J connectivity index is 2.13. The molecule has 2 heterocycles. The maximum absolute atomic E-state index is 12.4. The molecule has 0 aromatic carbocycles. The maximum Gasteiger partial charge on any atom is 0.421 e. The van der Waals surface area contributed by atoms with Crippen molar-refractivity contribution in [2.24, 2.45) is 0 Å². The predicted octanol–water partition coefficient (Wildman–Crippen LogP) is 3.29. The third-order valence-electron chi connectivity index (χ3n) is 3.23. The minimum absolute atomic E-state index is 0.235. The highest BCUT2D eigenvalue weighted by molar-refractivity contribution is 7.53. The fourth-order valence-electron chi connectivity index (χ4n) is 2.26. The monoisotopic (exact) mass is 340 g/mol. The molecular formula is C15H21N2O5P. The molecule has 2 rings (SSSR count). The lowest BCUT2D eigenvalue weighted by molar-refractivity contribution is 0.219. The van der Waals surface area contributed by atoms with Crippen molar-refractivity contribution < 1.29 is 18.0 Å². The average molecular weight is 340 g/mol. The Morgan fingerprint density at radius 3 is 2.70 bits per heavy atom. The molecule has 0 aliphatic heterocycles. The minimum Gasteiger partial charge on any atom is -0.406 e. The van der Waals surface area contributed by atoms with Gasteiger partial charge in [-0.05, 0) is 31.9 Å². The molecule has 0 bridgehead atoms. The van der Waals surface area contributed by atoms with E-state index in [-0.39, 0.29) is 6.16 Å². The quantitative estimate of drug-likeness (QED) is 0.651. The van der Waals surface area contributed by atoms with Gasteiger partial charge in [0.1, 0.15) is 0 Å². The van der Waals surface area contributed by atoms with Crippen molar-refractivity contribution in [3.63, 3.8) is 0 Å². The fourth-order valence-corrected chi connectivity index (χ4v) is 3.91. The van der Waals surface area contributed by atoms with Gasteiger partial charge in [0.25, 0.3) is 0 Å². The van der Waals surface area contributed by atoms with E-state index in [9.17, 15) is 9.36 Å². The molecule has 0 atom stereocenters. The first kappa shape index (κ1) is 17.7. The molecule has 8 heteroatoms. The van der Waals surface area contributed by atoms with Gasteiger partial charge in [-0.2, -0.15) is 0 Å². The van der Waals surface area contributed by atoms with Gasteiger partial charge in [0, 0.05) is 12.7 Å². The zero-order valence-corrected chi connectivity index (χ0v) is 14.3. The summed E-state index contributed by atoms with van der Waals surface area (Å²) in [5, 5.41) is 0. The number of nitrogens with zero attached hydrogens (tertiary/aromatic N) is 2. The summed E-state index contributed by atoms with van der Waals surface area (Å²) in [6.07, 6.45) is 3.94. The topological polar surface area (TPSA) is 83.6 Å². The molecule has 0 amide bonds. The first-order valence-electron chi connectivity index (χ1n) is 7.53. The molecule has 0 saturated carbocycles. The third-order valence-corrected chi connectivity index (χ3v) is 5.40. The van der Waals surface area contributed by atoms with Crippen LogP contribution in [0, 0.1) is 0 Å². The van der Waals surface area contributed by atoms with Gasteiger partial charge < -0.3 is 13.5 Å². The number of aryl methyl sites for hydroxylation is 1. The van der Waals surface area contributed by atoms with Crippen LogP contribution in [0.1, 0.15) is 25.8 Å². The van der Waals surface area contributed by atoms with Crippen molar-refractivity contribution in [1.29, 1.82) is 0 Å². The van der Waals surface area contributed by atoms with E-state index >= 15 is 0 Å². The molecule has 7 nitrogen and oxygen atoms in total. The first-order valence-corrected chi connectivity index (χ1v) is 9.25. The summed E-state index contributed by atoms with van der Waals surface area (Å²) in [5.41, 5.74) is 1.64. The molecule has 0 unspecified atom stereocenters. The standard InChI is InChI=1S/C15H21N2O5P/c1-4-12-10-13-14(16-11-12)17(15(18)22-13)8-7-9-23(19,20-5-2)21-6-3/h4,10-11H,1,5-9H2,2-3H3. The van der Waals surface area contributed by atoms with Gasteiger partial charge in [-0.15, -0.1) is 0 Å². The van der Waals surface area contributed by atoms with Gasteiger partial charge in [-0.3, -0.25) is 9.13 Å². The second-order valence-corrected chi connectivity index (χ2v) is 7.02. The zero-order chi connectivity index (χ0) is 16.9. The molecule has 0 N–H and O–H groups in total. The van der Waals surface area contributed by atoms with E-state index in [2.05, 4.69) is 11.6 Å². The summed E-state index contributed by atoms with van der Waals surface area (Å²) in [7, 11) is -3.11. The Morgan fingerprint density at radius 2 is 2.09 bits per heavy atom. The molecule has 0 radical (unpaired) electrons. The average Bonchev–Trinajstić information content (AvgIpc) is 2.82. The van der Waals surface area contributed by atoms with Crippen LogP contribution < -0.4 is 5.76 Å². The van der Waals surface area contributed by atoms with Crippen molar-refractivity contribution in [3.05, 3.63) is 35.0 Å². The van der Waals surface area contributed by atoms with Crippen molar-refractivity contribution in [2.75, 3.05) is 19.4 Å². The lowest BCUT2D eigenvalue weighted by Crippen LogP contribution is -2.16. The Hall–Kier alpha value is -1.69. The summed E-state index contributed by atoms with van der Waals surface area (Å²) in [6.45, 7) is 8.15. The number of oxazole rings is 1. The predicted molar refractivity (Wildman–Crippen MR) is 88.7 cm³/mol. The van der Waals surface area contributed by atoms with E-state index in [0.717, 1.165) is 5.56 Å². The Labute approximate surface area is 134 Å². The van der Waals surface area contributed by atoms with Crippen LogP contribution in [-0.2, 0) is 20.2 Å². The SMILES string of the molecule is C=Cc1cnc2c(c1)oc(=O)n2CCCP(=O)(OCC)OCC. The second kappa shape index (κ2) is 7.73. The molecule has 0 aliphatic carbocycles. The summed E-state index contributed by atoms with van der Waals surface area (Å²) < 4.78 is 29.5. The van der Waals surface area contributed by atoms with Crippen LogP contribution in [0.5, 0.6) is 0 Å². The normalized spacial score (nSPS) is 11.9. The minimum atomic E-state index is -3.11. The Kier molecular flexibility index (Phi) is 5.93. The lowest BCUT2D eigenvalue weighted by Gasteiger charge is -2.16. The molecule has 0 fully saturated rings. The van der Waals surface area contributed by atoms with Crippen molar-refractivity contribution in [3.8, 4) is 0 Å². The van der Waals surface area contributed by atoms with Gasteiger partial charge in [0.2, 0.25) is 0 Å². The highest BCUT2D eigenvalue weighted by Gasteiger charge is 2.23. The highest BCUT2D eigenvalue weighted by Crippen LogP contribution is 2.48. The smallest absolute Gasteiger partial charge is 0.406 e. The van der Waals surface area contributed by atoms with Gasteiger partial charge in [-0.1, -0.05) is 12.7 Å². The molecule has 0 aliphatic rings. The number of hydrogen-bond acceptors (Lipinski definition) is 6. The largest absolute Gasteiger partial charge is 0.421 e. The van der Waals surface area contributed by atoms with E-state index < -0.39 is 13.4 Å². The Morgan fingerprint density at radius 1 is 1.39 bits per heavy atom. The number of aromatic nitrogens is 2. The van der Waals surface area contributed by atoms with E-state index in [1.54, 1.807) is 32.2 Å². The van der Waals surface area contributed by atoms with Crippen molar-refractivity contribution in [2.45, 2.75) is 26.8 Å². The van der Waals surface area contributed by atoms with Crippen molar-refractivity contribution >= 4 is 24.9 Å². The number of rotatable bonds is 9. The fraction of sp³-hybridized carbons (Fsp3) is 0.467. The number of pyridine rings is 1.